The van der Waals surface area contributed by atoms with Gasteiger partial charge in [-0.05, 0) is 55.3 Å². The van der Waals surface area contributed by atoms with Gasteiger partial charge in [-0.2, -0.15) is 0 Å². The number of hydrogen-bond acceptors (Lipinski definition) is 4. The summed E-state index contributed by atoms with van der Waals surface area (Å²) in [6.07, 6.45) is 5.74. The summed E-state index contributed by atoms with van der Waals surface area (Å²) < 4.78 is 1.86. The van der Waals surface area contributed by atoms with Crippen LogP contribution in [-0.2, 0) is 9.59 Å². The SMILES string of the molecule is Cc1ccc(N2C[C@@H](C(=O)Nc3ccc(-c4cn5cccnc5n4)cc3)CC2=O)cc1C. The van der Waals surface area contributed by atoms with E-state index in [1.165, 1.54) is 5.56 Å². The quantitative estimate of drug-likeness (QED) is 0.536. The van der Waals surface area contributed by atoms with Crippen molar-refractivity contribution >= 4 is 29.0 Å². The molecule has 32 heavy (non-hydrogen) atoms. The van der Waals surface area contributed by atoms with Crippen molar-refractivity contribution in [2.75, 3.05) is 16.8 Å². The minimum absolute atomic E-state index is 0.0239. The molecule has 3 heterocycles. The molecule has 0 radical (unpaired) electrons. The predicted octanol–water partition coefficient (Wildman–Crippen LogP) is 4.00. The van der Waals surface area contributed by atoms with Crippen LogP contribution in [0.5, 0.6) is 0 Å². The molecule has 1 saturated heterocycles. The Morgan fingerprint density at radius 2 is 1.91 bits per heavy atom. The van der Waals surface area contributed by atoms with E-state index in [0.717, 1.165) is 22.5 Å². The van der Waals surface area contributed by atoms with E-state index in [4.69, 9.17) is 0 Å². The van der Waals surface area contributed by atoms with Crippen molar-refractivity contribution in [2.24, 2.45) is 5.92 Å². The summed E-state index contributed by atoms with van der Waals surface area (Å²) >= 11 is 0. The number of nitrogens with one attached hydrogen (secondary N) is 1. The van der Waals surface area contributed by atoms with Crippen LogP contribution in [0.3, 0.4) is 0 Å². The molecule has 0 saturated carbocycles. The lowest BCUT2D eigenvalue weighted by molar-refractivity contribution is -0.122. The number of carbonyl (C=O) groups is 2. The molecule has 7 nitrogen and oxygen atoms in total. The Bertz CT molecular complexity index is 1290. The summed E-state index contributed by atoms with van der Waals surface area (Å²) in [7, 11) is 0. The molecule has 2 aromatic carbocycles. The van der Waals surface area contributed by atoms with Gasteiger partial charge < -0.3 is 10.2 Å². The first kappa shape index (κ1) is 19.9. The molecule has 4 aromatic rings. The highest BCUT2D eigenvalue weighted by atomic mass is 16.2. The third-order valence-corrected chi connectivity index (χ3v) is 5.98. The number of aromatic nitrogens is 3. The highest BCUT2D eigenvalue weighted by Crippen LogP contribution is 2.28. The average Bonchev–Trinajstić information content (AvgIpc) is 3.40. The van der Waals surface area contributed by atoms with E-state index in [0.29, 0.717) is 18.0 Å². The van der Waals surface area contributed by atoms with Gasteiger partial charge in [0.05, 0.1) is 11.6 Å². The largest absolute Gasteiger partial charge is 0.326 e. The normalized spacial score (nSPS) is 16.0. The highest BCUT2D eigenvalue weighted by molar-refractivity contribution is 6.03. The number of benzene rings is 2. The van der Waals surface area contributed by atoms with Crippen molar-refractivity contribution in [1.29, 1.82) is 0 Å². The molecule has 2 aromatic heterocycles. The van der Waals surface area contributed by atoms with Gasteiger partial charge in [-0.3, -0.25) is 14.0 Å². The van der Waals surface area contributed by atoms with Crippen molar-refractivity contribution in [3.8, 4) is 11.3 Å². The summed E-state index contributed by atoms with van der Waals surface area (Å²) in [4.78, 5) is 35.8. The summed E-state index contributed by atoms with van der Waals surface area (Å²) in [5, 5.41) is 2.95. The van der Waals surface area contributed by atoms with Crippen molar-refractivity contribution in [3.63, 3.8) is 0 Å². The first-order chi connectivity index (χ1) is 15.5. The van der Waals surface area contributed by atoms with Gasteiger partial charge in [-0.15, -0.1) is 0 Å². The Balaban J connectivity index is 1.26. The molecule has 0 spiro atoms. The molecule has 0 aliphatic carbocycles. The number of amides is 2. The molecule has 1 N–H and O–H groups in total. The zero-order chi connectivity index (χ0) is 22.2. The lowest BCUT2D eigenvalue weighted by atomic mass is 10.1. The number of fused-ring (bicyclic) bond motifs is 1. The van der Waals surface area contributed by atoms with E-state index in [9.17, 15) is 9.59 Å². The molecule has 0 unspecified atom stereocenters. The van der Waals surface area contributed by atoms with Gasteiger partial charge in [0, 0.05) is 48.5 Å². The molecule has 1 aliphatic rings. The molecule has 7 heteroatoms. The maximum Gasteiger partial charge on any atom is 0.234 e. The maximum absolute atomic E-state index is 12.8. The molecular weight excluding hydrogens is 402 g/mol. The summed E-state index contributed by atoms with van der Waals surface area (Å²) in [6.45, 7) is 4.45. The van der Waals surface area contributed by atoms with Crippen molar-refractivity contribution in [2.45, 2.75) is 20.3 Å². The van der Waals surface area contributed by atoms with Crippen LogP contribution in [-0.4, -0.2) is 32.7 Å². The number of anilines is 2. The second-order valence-corrected chi connectivity index (χ2v) is 8.19. The second kappa shape index (κ2) is 7.92. The summed E-state index contributed by atoms with van der Waals surface area (Å²) in [5.41, 5.74) is 5.59. The topological polar surface area (TPSA) is 79.6 Å². The van der Waals surface area contributed by atoms with Gasteiger partial charge in [0.25, 0.3) is 0 Å². The Kier molecular flexibility index (Phi) is 4.93. The van der Waals surface area contributed by atoms with Gasteiger partial charge >= 0.3 is 0 Å². The van der Waals surface area contributed by atoms with Crippen LogP contribution >= 0.6 is 0 Å². The van der Waals surface area contributed by atoms with Crippen LogP contribution in [0.4, 0.5) is 11.4 Å². The Morgan fingerprint density at radius 1 is 1.09 bits per heavy atom. The van der Waals surface area contributed by atoms with E-state index in [-0.39, 0.29) is 24.2 Å². The fraction of sp³-hybridized carbons (Fsp3) is 0.200. The van der Waals surface area contributed by atoms with Crippen molar-refractivity contribution in [1.82, 2.24) is 14.4 Å². The standard InChI is InChI=1S/C25H23N5O2/c1-16-4-9-21(12-17(16)2)30-14-19(13-23(30)31)24(32)27-20-7-5-18(6-8-20)22-15-29-11-3-10-26-25(29)28-22/h3-12,15,19H,13-14H2,1-2H3,(H,27,32)/t19-/m0/s1. The second-order valence-electron chi connectivity index (χ2n) is 8.19. The van der Waals surface area contributed by atoms with Gasteiger partial charge in [-0.1, -0.05) is 18.2 Å². The maximum atomic E-state index is 12.8. The zero-order valence-electron chi connectivity index (χ0n) is 17.9. The van der Waals surface area contributed by atoms with Crippen molar-refractivity contribution in [3.05, 3.63) is 78.2 Å². The first-order valence-electron chi connectivity index (χ1n) is 10.6. The molecular formula is C25H23N5O2. The number of rotatable bonds is 4. The third-order valence-electron chi connectivity index (χ3n) is 5.98. The smallest absolute Gasteiger partial charge is 0.234 e. The third kappa shape index (κ3) is 3.73. The molecule has 1 atom stereocenters. The van der Waals surface area contributed by atoms with E-state index in [1.54, 1.807) is 11.1 Å². The number of carbonyl (C=O) groups excluding carboxylic acids is 2. The van der Waals surface area contributed by atoms with Crippen molar-refractivity contribution < 1.29 is 9.59 Å². The van der Waals surface area contributed by atoms with Gasteiger partial charge in [0.15, 0.2) is 0 Å². The Hall–Kier alpha value is -4.00. The highest BCUT2D eigenvalue weighted by Gasteiger charge is 2.35. The molecule has 0 bridgehead atoms. The minimum Gasteiger partial charge on any atom is -0.326 e. The fourth-order valence-corrected chi connectivity index (χ4v) is 3.96. The van der Waals surface area contributed by atoms with E-state index < -0.39 is 0 Å². The predicted molar refractivity (Wildman–Crippen MR) is 123 cm³/mol. The molecule has 160 valence electrons. The van der Waals surface area contributed by atoms with Crippen LogP contribution in [0, 0.1) is 19.8 Å². The number of nitrogens with zero attached hydrogens (tertiary/aromatic N) is 4. The van der Waals surface area contributed by atoms with E-state index in [1.807, 2.05) is 79.2 Å². The zero-order valence-corrected chi connectivity index (χ0v) is 17.9. The van der Waals surface area contributed by atoms with Crippen LogP contribution in [0.2, 0.25) is 0 Å². The number of imidazole rings is 1. The average molecular weight is 425 g/mol. The van der Waals surface area contributed by atoms with Crippen LogP contribution in [0.1, 0.15) is 17.5 Å². The van der Waals surface area contributed by atoms with E-state index in [2.05, 4.69) is 15.3 Å². The summed E-state index contributed by atoms with van der Waals surface area (Å²) in [6, 6.07) is 15.3. The molecule has 1 aliphatic heterocycles. The Morgan fingerprint density at radius 3 is 2.66 bits per heavy atom. The lowest BCUT2D eigenvalue weighted by Gasteiger charge is -2.18. The fourth-order valence-electron chi connectivity index (χ4n) is 3.96. The van der Waals surface area contributed by atoms with E-state index >= 15 is 0 Å². The van der Waals surface area contributed by atoms with Crippen LogP contribution in [0.25, 0.3) is 17.0 Å². The Labute approximate surface area is 185 Å². The number of aryl methyl sites for hydroxylation is 2. The lowest BCUT2D eigenvalue weighted by Crippen LogP contribution is -2.28. The van der Waals surface area contributed by atoms with Crippen LogP contribution in [0.15, 0.2) is 67.1 Å². The minimum atomic E-state index is -0.381. The summed E-state index contributed by atoms with van der Waals surface area (Å²) in [5.74, 6) is 0.0889. The number of hydrogen-bond donors (Lipinski definition) is 1. The first-order valence-corrected chi connectivity index (χ1v) is 10.6. The van der Waals surface area contributed by atoms with Gasteiger partial charge in [0.2, 0.25) is 17.6 Å². The van der Waals surface area contributed by atoms with Gasteiger partial charge in [0.1, 0.15) is 0 Å². The molecule has 1 fully saturated rings. The monoisotopic (exact) mass is 425 g/mol. The molecule has 2 amide bonds. The molecule has 5 rings (SSSR count). The van der Waals surface area contributed by atoms with Gasteiger partial charge in [-0.25, -0.2) is 9.97 Å². The van der Waals surface area contributed by atoms with Crippen LogP contribution < -0.4 is 10.2 Å².